The van der Waals surface area contributed by atoms with Gasteiger partial charge >= 0.3 is 0 Å². The van der Waals surface area contributed by atoms with E-state index in [0.717, 1.165) is 19.4 Å². The molecule has 0 N–H and O–H groups in total. The number of nitrogens with zero attached hydrogens (tertiary/aromatic N) is 1. The van der Waals surface area contributed by atoms with Crippen LogP contribution in [0, 0.1) is 0 Å². The Hall–Kier alpha value is -1.57. The van der Waals surface area contributed by atoms with Crippen molar-refractivity contribution in [2.75, 3.05) is 0 Å². The summed E-state index contributed by atoms with van der Waals surface area (Å²) in [4.78, 5) is 13.8. The Kier molecular flexibility index (Phi) is 3.40. The van der Waals surface area contributed by atoms with E-state index in [9.17, 15) is 4.79 Å². The standard InChI is InChI=1S/C14H17NO/c1-2-6-14(16)15(13-9-10-13)11-12-7-4-3-5-8-12/h2-8,13H,9-11H2,1H3/b6-2+. The first-order valence-electron chi connectivity index (χ1n) is 5.78. The van der Waals surface area contributed by atoms with E-state index in [1.165, 1.54) is 5.56 Å². The molecule has 0 atom stereocenters. The lowest BCUT2D eigenvalue weighted by Gasteiger charge is -2.20. The van der Waals surface area contributed by atoms with Gasteiger partial charge in [0.15, 0.2) is 0 Å². The molecule has 0 spiro atoms. The van der Waals surface area contributed by atoms with Crippen LogP contribution in [-0.4, -0.2) is 16.8 Å². The molecule has 1 saturated carbocycles. The summed E-state index contributed by atoms with van der Waals surface area (Å²) in [6.45, 7) is 2.61. The molecule has 1 amide bonds. The van der Waals surface area contributed by atoms with Crippen molar-refractivity contribution in [3.05, 3.63) is 48.0 Å². The minimum Gasteiger partial charge on any atom is -0.332 e. The molecule has 84 valence electrons. The monoisotopic (exact) mass is 215 g/mol. The quantitative estimate of drug-likeness (QED) is 0.707. The zero-order valence-electron chi connectivity index (χ0n) is 9.60. The summed E-state index contributed by atoms with van der Waals surface area (Å²) in [6.07, 6.45) is 5.76. The third kappa shape index (κ3) is 2.72. The molecule has 2 rings (SSSR count). The predicted octanol–water partition coefficient (Wildman–Crippen LogP) is 2.75. The lowest BCUT2D eigenvalue weighted by atomic mass is 10.2. The molecule has 1 aliphatic carbocycles. The highest BCUT2D eigenvalue weighted by Crippen LogP contribution is 2.28. The van der Waals surface area contributed by atoms with E-state index in [0.29, 0.717) is 6.04 Å². The number of hydrogen-bond acceptors (Lipinski definition) is 1. The molecule has 1 aromatic carbocycles. The highest BCUT2D eigenvalue weighted by atomic mass is 16.2. The van der Waals surface area contributed by atoms with Gasteiger partial charge in [-0.1, -0.05) is 36.4 Å². The highest BCUT2D eigenvalue weighted by molar-refractivity contribution is 5.88. The normalized spacial score (nSPS) is 15.3. The molecule has 2 nitrogen and oxygen atoms in total. The Morgan fingerprint density at radius 2 is 2.06 bits per heavy atom. The van der Waals surface area contributed by atoms with Crippen molar-refractivity contribution in [2.24, 2.45) is 0 Å². The van der Waals surface area contributed by atoms with Crippen LogP contribution in [0.5, 0.6) is 0 Å². The van der Waals surface area contributed by atoms with Gasteiger partial charge in [0.05, 0.1) is 0 Å². The van der Waals surface area contributed by atoms with E-state index < -0.39 is 0 Å². The smallest absolute Gasteiger partial charge is 0.246 e. The van der Waals surface area contributed by atoms with Crippen LogP contribution >= 0.6 is 0 Å². The Morgan fingerprint density at radius 3 is 2.62 bits per heavy atom. The average molecular weight is 215 g/mol. The van der Waals surface area contributed by atoms with Crippen LogP contribution in [0.3, 0.4) is 0 Å². The summed E-state index contributed by atoms with van der Waals surface area (Å²) in [5.74, 6) is 0.133. The zero-order chi connectivity index (χ0) is 11.4. The second-order valence-corrected chi connectivity index (χ2v) is 4.18. The molecule has 1 aliphatic rings. The lowest BCUT2D eigenvalue weighted by molar-refractivity contribution is -0.127. The first-order valence-corrected chi connectivity index (χ1v) is 5.78. The molecule has 0 heterocycles. The Bertz CT molecular complexity index is 379. The van der Waals surface area contributed by atoms with Gasteiger partial charge in [-0.05, 0) is 31.4 Å². The van der Waals surface area contributed by atoms with Gasteiger partial charge < -0.3 is 4.90 Å². The molecule has 0 unspecified atom stereocenters. The number of carbonyl (C=O) groups is 1. The molecule has 0 bridgehead atoms. The fourth-order valence-corrected chi connectivity index (χ4v) is 1.79. The van der Waals surface area contributed by atoms with Crippen molar-refractivity contribution >= 4 is 5.91 Å². The molecular weight excluding hydrogens is 198 g/mol. The zero-order valence-corrected chi connectivity index (χ0v) is 9.60. The third-order valence-electron chi connectivity index (χ3n) is 2.78. The van der Waals surface area contributed by atoms with E-state index in [2.05, 4.69) is 12.1 Å². The van der Waals surface area contributed by atoms with Crippen LogP contribution in [0.15, 0.2) is 42.5 Å². The summed E-state index contributed by atoms with van der Waals surface area (Å²) < 4.78 is 0. The van der Waals surface area contributed by atoms with Gasteiger partial charge in [-0.15, -0.1) is 0 Å². The SMILES string of the molecule is C/C=C/C(=O)N(Cc1ccccc1)C1CC1. The van der Waals surface area contributed by atoms with Crippen molar-refractivity contribution in [3.8, 4) is 0 Å². The van der Waals surface area contributed by atoms with Gasteiger partial charge in [-0.25, -0.2) is 0 Å². The summed E-state index contributed by atoms with van der Waals surface area (Å²) in [5.41, 5.74) is 1.20. The first kappa shape index (κ1) is 10.9. The van der Waals surface area contributed by atoms with Gasteiger partial charge in [0, 0.05) is 12.6 Å². The van der Waals surface area contributed by atoms with Crippen molar-refractivity contribution in [1.82, 2.24) is 4.90 Å². The first-order chi connectivity index (χ1) is 7.81. The van der Waals surface area contributed by atoms with E-state index in [1.807, 2.05) is 36.1 Å². The van der Waals surface area contributed by atoms with Gasteiger partial charge in [0.25, 0.3) is 0 Å². The number of carbonyl (C=O) groups excluding carboxylic acids is 1. The van der Waals surface area contributed by atoms with E-state index in [4.69, 9.17) is 0 Å². The van der Waals surface area contributed by atoms with Crippen LogP contribution in [0.4, 0.5) is 0 Å². The van der Waals surface area contributed by atoms with Crippen molar-refractivity contribution in [3.63, 3.8) is 0 Å². The maximum atomic E-state index is 11.9. The molecule has 0 aromatic heterocycles. The molecule has 1 fully saturated rings. The van der Waals surface area contributed by atoms with Crippen LogP contribution < -0.4 is 0 Å². The lowest BCUT2D eigenvalue weighted by Crippen LogP contribution is -2.31. The fourth-order valence-electron chi connectivity index (χ4n) is 1.79. The Balaban J connectivity index is 2.06. The molecule has 1 aromatic rings. The number of allylic oxidation sites excluding steroid dienone is 1. The molecular formula is C14H17NO. The number of benzene rings is 1. The molecule has 16 heavy (non-hydrogen) atoms. The highest BCUT2D eigenvalue weighted by Gasteiger charge is 2.31. The molecule has 0 saturated heterocycles. The second kappa shape index (κ2) is 4.97. The van der Waals surface area contributed by atoms with Gasteiger partial charge in [-0.3, -0.25) is 4.79 Å². The van der Waals surface area contributed by atoms with Gasteiger partial charge in [-0.2, -0.15) is 0 Å². The molecule has 0 aliphatic heterocycles. The fraction of sp³-hybridized carbons (Fsp3) is 0.357. The van der Waals surface area contributed by atoms with Crippen LogP contribution in [0.25, 0.3) is 0 Å². The summed E-state index contributed by atoms with van der Waals surface area (Å²) in [6, 6.07) is 10.6. The van der Waals surface area contributed by atoms with Crippen molar-refractivity contribution in [1.29, 1.82) is 0 Å². The van der Waals surface area contributed by atoms with Crippen LogP contribution in [0.1, 0.15) is 25.3 Å². The second-order valence-electron chi connectivity index (χ2n) is 4.18. The van der Waals surface area contributed by atoms with E-state index in [-0.39, 0.29) is 5.91 Å². The number of rotatable bonds is 4. The summed E-state index contributed by atoms with van der Waals surface area (Å²) >= 11 is 0. The van der Waals surface area contributed by atoms with E-state index in [1.54, 1.807) is 6.08 Å². The summed E-state index contributed by atoms with van der Waals surface area (Å²) in [5, 5.41) is 0. The number of hydrogen-bond donors (Lipinski definition) is 0. The summed E-state index contributed by atoms with van der Waals surface area (Å²) in [7, 11) is 0. The number of amides is 1. The van der Waals surface area contributed by atoms with E-state index >= 15 is 0 Å². The predicted molar refractivity (Wildman–Crippen MR) is 64.8 cm³/mol. The van der Waals surface area contributed by atoms with Crippen molar-refractivity contribution in [2.45, 2.75) is 32.4 Å². The average Bonchev–Trinajstić information content (AvgIpc) is 3.11. The largest absolute Gasteiger partial charge is 0.332 e. The Labute approximate surface area is 96.6 Å². The topological polar surface area (TPSA) is 20.3 Å². The molecule has 0 radical (unpaired) electrons. The Morgan fingerprint density at radius 1 is 1.38 bits per heavy atom. The van der Waals surface area contributed by atoms with Crippen molar-refractivity contribution < 1.29 is 4.79 Å². The minimum absolute atomic E-state index is 0.133. The third-order valence-corrected chi connectivity index (χ3v) is 2.78. The van der Waals surface area contributed by atoms with Gasteiger partial charge in [0.2, 0.25) is 5.91 Å². The molecule has 2 heteroatoms. The van der Waals surface area contributed by atoms with Crippen LogP contribution in [-0.2, 0) is 11.3 Å². The van der Waals surface area contributed by atoms with Crippen LogP contribution in [0.2, 0.25) is 0 Å². The minimum atomic E-state index is 0.133. The maximum Gasteiger partial charge on any atom is 0.246 e. The maximum absolute atomic E-state index is 11.9. The van der Waals surface area contributed by atoms with Gasteiger partial charge in [0.1, 0.15) is 0 Å².